The summed E-state index contributed by atoms with van der Waals surface area (Å²) in [7, 11) is 0. The van der Waals surface area contributed by atoms with Crippen molar-refractivity contribution in [3.63, 3.8) is 0 Å². The fourth-order valence-electron chi connectivity index (χ4n) is 2.98. The molecular weight excluding hydrogens is 353 g/mol. The summed E-state index contributed by atoms with van der Waals surface area (Å²) in [6, 6.07) is 9.81. The van der Waals surface area contributed by atoms with Gasteiger partial charge < -0.3 is 20.1 Å². The molecule has 0 bridgehead atoms. The number of carboxylic acids is 1. The normalized spacial score (nSPS) is 18.3. The van der Waals surface area contributed by atoms with Gasteiger partial charge in [0.25, 0.3) is 0 Å². The maximum atomic E-state index is 11.9. The molecule has 0 atom stereocenters. The number of piperidine rings is 1. The van der Waals surface area contributed by atoms with Crippen molar-refractivity contribution < 1.29 is 32.6 Å². The molecule has 0 radical (unpaired) electrons. The predicted molar refractivity (Wildman–Crippen MR) is 86.4 cm³/mol. The van der Waals surface area contributed by atoms with Crippen LogP contribution in [0.4, 0.5) is 18.0 Å². The second-order valence-corrected chi connectivity index (χ2v) is 6.45. The zero-order valence-corrected chi connectivity index (χ0v) is 14.1. The van der Waals surface area contributed by atoms with Crippen molar-refractivity contribution >= 4 is 12.1 Å². The first kappa shape index (κ1) is 20.0. The van der Waals surface area contributed by atoms with E-state index in [2.05, 4.69) is 5.32 Å². The molecule has 2 aliphatic rings. The Bertz CT molecular complexity index is 608. The third kappa shape index (κ3) is 5.62. The Morgan fingerprint density at radius 2 is 1.69 bits per heavy atom. The van der Waals surface area contributed by atoms with Gasteiger partial charge in [-0.1, -0.05) is 30.3 Å². The molecular formula is C17H21F3N2O4. The number of aliphatic carboxylic acids is 1. The van der Waals surface area contributed by atoms with E-state index in [-0.39, 0.29) is 6.09 Å². The van der Waals surface area contributed by atoms with Crippen molar-refractivity contribution in [2.24, 2.45) is 5.41 Å². The SMILES string of the molecule is O=C(O)C(F)(F)F.O=C(OCc1ccccc1)N1CC2(CCNCC2)C1. The van der Waals surface area contributed by atoms with Crippen molar-refractivity contribution in [1.29, 1.82) is 0 Å². The van der Waals surface area contributed by atoms with E-state index >= 15 is 0 Å². The minimum Gasteiger partial charge on any atom is -0.475 e. The van der Waals surface area contributed by atoms with Crippen LogP contribution >= 0.6 is 0 Å². The number of nitrogens with one attached hydrogen (secondary N) is 1. The first-order valence-corrected chi connectivity index (χ1v) is 8.18. The van der Waals surface area contributed by atoms with Gasteiger partial charge in [0.05, 0.1) is 0 Å². The summed E-state index contributed by atoms with van der Waals surface area (Å²) in [6.45, 7) is 4.25. The molecule has 2 heterocycles. The number of carboxylic acid groups (broad SMARTS) is 1. The van der Waals surface area contributed by atoms with E-state index in [4.69, 9.17) is 14.6 Å². The van der Waals surface area contributed by atoms with Gasteiger partial charge in [-0.3, -0.25) is 0 Å². The van der Waals surface area contributed by atoms with Gasteiger partial charge in [0.15, 0.2) is 0 Å². The van der Waals surface area contributed by atoms with Crippen molar-refractivity contribution in [3.8, 4) is 0 Å². The maximum absolute atomic E-state index is 11.9. The fourth-order valence-corrected chi connectivity index (χ4v) is 2.98. The number of rotatable bonds is 2. The fraction of sp³-hybridized carbons (Fsp3) is 0.529. The summed E-state index contributed by atoms with van der Waals surface area (Å²) in [5.41, 5.74) is 1.41. The summed E-state index contributed by atoms with van der Waals surface area (Å²) in [5.74, 6) is -2.76. The quantitative estimate of drug-likeness (QED) is 0.832. The minimum atomic E-state index is -5.08. The number of ether oxygens (including phenoxy) is 1. The summed E-state index contributed by atoms with van der Waals surface area (Å²) in [6.07, 6.45) is -2.90. The molecule has 0 aliphatic carbocycles. The number of carbonyl (C=O) groups excluding carboxylic acids is 1. The Kier molecular flexibility index (Phi) is 6.47. The van der Waals surface area contributed by atoms with Gasteiger partial charge in [0.2, 0.25) is 0 Å². The van der Waals surface area contributed by atoms with Gasteiger partial charge in [0.1, 0.15) is 6.61 Å². The van der Waals surface area contributed by atoms with E-state index in [0.717, 1.165) is 31.7 Å². The molecule has 1 amide bonds. The first-order chi connectivity index (χ1) is 12.2. The van der Waals surface area contributed by atoms with Crippen LogP contribution in [0.15, 0.2) is 30.3 Å². The molecule has 0 unspecified atom stereocenters. The van der Waals surface area contributed by atoms with E-state index in [1.54, 1.807) is 0 Å². The summed E-state index contributed by atoms with van der Waals surface area (Å²) in [4.78, 5) is 22.6. The number of alkyl halides is 3. The highest BCUT2D eigenvalue weighted by Crippen LogP contribution is 2.38. The molecule has 0 saturated carbocycles. The number of likely N-dealkylation sites (tertiary alicyclic amines) is 1. The van der Waals surface area contributed by atoms with Crippen LogP contribution in [0.25, 0.3) is 0 Å². The van der Waals surface area contributed by atoms with Crippen molar-refractivity contribution in [1.82, 2.24) is 10.2 Å². The molecule has 2 N–H and O–H groups in total. The molecule has 26 heavy (non-hydrogen) atoms. The van der Waals surface area contributed by atoms with E-state index in [1.807, 2.05) is 35.2 Å². The summed E-state index contributed by atoms with van der Waals surface area (Å²) in [5, 5.41) is 10.5. The molecule has 1 spiro atoms. The van der Waals surface area contributed by atoms with Crippen LogP contribution in [0.2, 0.25) is 0 Å². The number of amides is 1. The summed E-state index contributed by atoms with van der Waals surface area (Å²) >= 11 is 0. The van der Waals surface area contributed by atoms with E-state index in [0.29, 0.717) is 12.0 Å². The van der Waals surface area contributed by atoms with Gasteiger partial charge in [-0.25, -0.2) is 9.59 Å². The Hall–Kier alpha value is -2.29. The van der Waals surface area contributed by atoms with E-state index < -0.39 is 12.1 Å². The van der Waals surface area contributed by atoms with Crippen molar-refractivity contribution in [2.45, 2.75) is 25.6 Å². The van der Waals surface area contributed by atoms with Crippen molar-refractivity contribution in [3.05, 3.63) is 35.9 Å². The van der Waals surface area contributed by atoms with Gasteiger partial charge in [-0.05, 0) is 31.5 Å². The molecule has 2 aliphatic heterocycles. The lowest BCUT2D eigenvalue weighted by Gasteiger charge is -2.51. The Balaban J connectivity index is 0.000000298. The number of halogens is 3. The zero-order chi connectivity index (χ0) is 19.2. The van der Waals surface area contributed by atoms with Gasteiger partial charge in [-0.15, -0.1) is 0 Å². The standard InChI is InChI=1S/C15H20N2O2.C2HF3O2/c18-14(19-10-13-4-2-1-3-5-13)17-11-15(12-17)6-8-16-9-7-15;3-2(4,5)1(6)7/h1-5,16H,6-12H2;(H,6,7). The molecule has 9 heteroatoms. The van der Waals surface area contributed by atoms with E-state index in [1.165, 1.54) is 12.8 Å². The van der Waals surface area contributed by atoms with Gasteiger partial charge >= 0.3 is 18.2 Å². The number of hydrogen-bond donors (Lipinski definition) is 2. The largest absolute Gasteiger partial charge is 0.490 e. The number of carbonyl (C=O) groups is 2. The molecule has 0 aromatic heterocycles. The van der Waals surface area contributed by atoms with Crippen LogP contribution in [-0.2, 0) is 16.1 Å². The summed E-state index contributed by atoms with van der Waals surface area (Å²) < 4.78 is 37.1. The number of hydrogen-bond acceptors (Lipinski definition) is 4. The average molecular weight is 374 g/mol. The highest BCUT2D eigenvalue weighted by Gasteiger charge is 2.46. The van der Waals surface area contributed by atoms with Gasteiger partial charge in [0, 0.05) is 18.5 Å². The lowest BCUT2D eigenvalue weighted by atomic mass is 9.73. The second-order valence-electron chi connectivity index (χ2n) is 6.45. The van der Waals surface area contributed by atoms with E-state index in [9.17, 15) is 18.0 Å². The third-order valence-corrected chi connectivity index (χ3v) is 4.42. The smallest absolute Gasteiger partial charge is 0.475 e. The lowest BCUT2D eigenvalue weighted by Crippen LogP contribution is -2.61. The molecule has 1 aromatic carbocycles. The van der Waals surface area contributed by atoms with Crippen LogP contribution in [0.1, 0.15) is 18.4 Å². The Labute approximate surface area is 148 Å². The molecule has 6 nitrogen and oxygen atoms in total. The maximum Gasteiger partial charge on any atom is 0.490 e. The highest BCUT2D eigenvalue weighted by molar-refractivity contribution is 5.73. The third-order valence-electron chi connectivity index (χ3n) is 4.42. The average Bonchev–Trinajstić information content (AvgIpc) is 2.59. The molecule has 144 valence electrons. The Morgan fingerprint density at radius 3 is 2.19 bits per heavy atom. The monoisotopic (exact) mass is 374 g/mol. The highest BCUT2D eigenvalue weighted by atomic mass is 19.4. The molecule has 3 rings (SSSR count). The van der Waals surface area contributed by atoms with Crippen LogP contribution < -0.4 is 5.32 Å². The zero-order valence-electron chi connectivity index (χ0n) is 14.1. The van der Waals surface area contributed by atoms with Crippen molar-refractivity contribution in [2.75, 3.05) is 26.2 Å². The lowest BCUT2D eigenvalue weighted by molar-refractivity contribution is -0.192. The molecule has 1 aromatic rings. The molecule has 2 saturated heterocycles. The topological polar surface area (TPSA) is 78.9 Å². The number of nitrogens with zero attached hydrogens (tertiary/aromatic N) is 1. The van der Waals surface area contributed by atoms with Gasteiger partial charge in [-0.2, -0.15) is 13.2 Å². The number of benzene rings is 1. The first-order valence-electron chi connectivity index (χ1n) is 8.18. The van der Waals surface area contributed by atoms with Crippen LogP contribution in [0, 0.1) is 5.41 Å². The molecule has 2 fully saturated rings. The predicted octanol–water partition coefficient (Wildman–Crippen LogP) is 2.64. The Morgan fingerprint density at radius 1 is 1.15 bits per heavy atom. The van der Waals surface area contributed by atoms with Crippen LogP contribution in [0.3, 0.4) is 0 Å². The minimum absolute atomic E-state index is 0.173. The second kappa shape index (κ2) is 8.39. The van der Waals surface area contributed by atoms with Crippen LogP contribution in [0.5, 0.6) is 0 Å². The van der Waals surface area contributed by atoms with Crippen LogP contribution in [-0.4, -0.2) is 54.4 Å².